The lowest BCUT2D eigenvalue weighted by Gasteiger charge is -2.29. The van der Waals surface area contributed by atoms with Crippen LogP contribution in [0.4, 0.5) is 5.69 Å². The highest BCUT2D eigenvalue weighted by Crippen LogP contribution is 2.41. The molecule has 0 fully saturated rings. The first kappa shape index (κ1) is 22.8. The number of amides is 1. The van der Waals surface area contributed by atoms with Crippen molar-refractivity contribution in [2.45, 2.75) is 18.1 Å². The second-order valence-corrected chi connectivity index (χ2v) is 8.15. The Balaban J connectivity index is 1.47. The summed E-state index contributed by atoms with van der Waals surface area (Å²) in [7, 11) is 6.25. The SMILES string of the molecule is COc1ccc2c(c1)CCCN2C(=O)CSc1nnc(-c2cc(OC)c(OC)c(OC)c2)o1. The third kappa shape index (κ3) is 4.70. The minimum Gasteiger partial charge on any atom is -0.497 e. The van der Waals surface area contributed by atoms with E-state index in [9.17, 15) is 4.79 Å². The molecule has 1 aliphatic heterocycles. The predicted molar refractivity (Wildman–Crippen MR) is 124 cm³/mol. The van der Waals surface area contributed by atoms with E-state index in [2.05, 4.69) is 10.2 Å². The van der Waals surface area contributed by atoms with Gasteiger partial charge in [-0.05, 0) is 48.7 Å². The van der Waals surface area contributed by atoms with E-state index in [1.54, 1.807) is 19.2 Å². The molecule has 0 aliphatic carbocycles. The zero-order chi connectivity index (χ0) is 23.4. The van der Waals surface area contributed by atoms with Gasteiger partial charge in [0, 0.05) is 17.8 Å². The fraction of sp³-hybridized carbons (Fsp3) is 0.348. The Morgan fingerprint density at radius 3 is 2.45 bits per heavy atom. The fourth-order valence-corrected chi connectivity index (χ4v) is 4.39. The number of carbonyl (C=O) groups excluding carboxylic acids is 1. The molecule has 0 saturated carbocycles. The quantitative estimate of drug-likeness (QED) is 0.454. The van der Waals surface area contributed by atoms with Crippen LogP contribution in [0.15, 0.2) is 40.0 Å². The van der Waals surface area contributed by atoms with Gasteiger partial charge < -0.3 is 28.3 Å². The van der Waals surface area contributed by atoms with E-state index in [0.717, 1.165) is 29.8 Å². The molecule has 0 saturated heterocycles. The van der Waals surface area contributed by atoms with E-state index in [1.807, 2.05) is 23.1 Å². The van der Waals surface area contributed by atoms with Crippen LogP contribution in [0.5, 0.6) is 23.0 Å². The lowest BCUT2D eigenvalue weighted by Crippen LogP contribution is -2.36. The van der Waals surface area contributed by atoms with Crippen molar-refractivity contribution in [1.29, 1.82) is 0 Å². The molecular formula is C23H25N3O6S. The second-order valence-electron chi connectivity index (χ2n) is 7.22. The number of nitrogens with zero attached hydrogens (tertiary/aromatic N) is 3. The van der Waals surface area contributed by atoms with Crippen molar-refractivity contribution in [3.8, 4) is 34.5 Å². The molecule has 2 heterocycles. The van der Waals surface area contributed by atoms with Crippen molar-refractivity contribution in [3.63, 3.8) is 0 Å². The summed E-state index contributed by atoms with van der Waals surface area (Å²) < 4.78 is 27.2. The summed E-state index contributed by atoms with van der Waals surface area (Å²) in [5, 5.41) is 8.49. The minimum atomic E-state index is -0.0151. The summed E-state index contributed by atoms with van der Waals surface area (Å²) in [6, 6.07) is 9.26. The van der Waals surface area contributed by atoms with Crippen molar-refractivity contribution in [3.05, 3.63) is 35.9 Å². The van der Waals surface area contributed by atoms with E-state index in [0.29, 0.717) is 40.5 Å². The number of benzene rings is 2. The normalized spacial score (nSPS) is 12.8. The van der Waals surface area contributed by atoms with Gasteiger partial charge in [-0.2, -0.15) is 0 Å². The van der Waals surface area contributed by atoms with Crippen LogP contribution in [-0.2, 0) is 11.2 Å². The summed E-state index contributed by atoms with van der Waals surface area (Å²) in [6.07, 6.45) is 1.83. The number of aromatic nitrogens is 2. The lowest BCUT2D eigenvalue weighted by atomic mass is 10.0. The van der Waals surface area contributed by atoms with Gasteiger partial charge in [-0.25, -0.2) is 0 Å². The molecule has 174 valence electrons. The number of aryl methyl sites for hydroxylation is 1. The van der Waals surface area contributed by atoms with Gasteiger partial charge in [-0.3, -0.25) is 4.79 Å². The number of thioether (sulfide) groups is 1. The third-order valence-corrected chi connectivity index (χ3v) is 6.15. The molecule has 3 aromatic rings. The summed E-state index contributed by atoms with van der Waals surface area (Å²) in [4.78, 5) is 14.7. The first-order chi connectivity index (χ1) is 16.1. The van der Waals surface area contributed by atoms with Gasteiger partial charge in [-0.15, -0.1) is 10.2 Å². The first-order valence-corrected chi connectivity index (χ1v) is 11.3. The minimum absolute atomic E-state index is 0.0151. The molecule has 1 amide bonds. The van der Waals surface area contributed by atoms with Crippen LogP contribution in [0.25, 0.3) is 11.5 Å². The average molecular weight is 472 g/mol. The number of hydrogen-bond acceptors (Lipinski definition) is 9. The highest BCUT2D eigenvalue weighted by atomic mass is 32.2. The molecular weight excluding hydrogens is 446 g/mol. The maximum atomic E-state index is 12.9. The van der Waals surface area contributed by atoms with E-state index >= 15 is 0 Å². The number of methoxy groups -OCH3 is 4. The van der Waals surface area contributed by atoms with Crippen LogP contribution in [0.2, 0.25) is 0 Å². The monoisotopic (exact) mass is 471 g/mol. The molecule has 0 N–H and O–H groups in total. The van der Waals surface area contributed by atoms with Gasteiger partial charge in [0.2, 0.25) is 17.5 Å². The molecule has 0 bridgehead atoms. The van der Waals surface area contributed by atoms with Gasteiger partial charge >= 0.3 is 0 Å². The van der Waals surface area contributed by atoms with Gasteiger partial charge in [0.15, 0.2) is 11.5 Å². The van der Waals surface area contributed by atoms with Crippen LogP contribution in [0.1, 0.15) is 12.0 Å². The molecule has 10 heteroatoms. The Morgan fingerprint density at radius 2 is 1.79 bits per heavy atom. The van der Waals surface area contributed by atoms with Gasteiger partial charge in [0.25, 0.3) is 5.22 Å². The number of hydrogen-bond donors (Lipinski definition) is 0. The van der Waals surface area contributed by atoms with Gasteiger partial charge in [-0.1, -0.05) is 11.8 Å². The van der Waals surface area contributed by atoms with Gasteiger partial charge in [0.05, 0.1) is 34.2 Å². The first-order valence-electron chi connectivity index (χ1n) is 10.3. The molecule has 4 rings (SSSR count). The van der Waals surface area contributed by atoms with Crippen molar-refractivity contribution in [2.24, 2.45) is 0 Å². The van der Waals surface area contributed by atoms with Crippen molar-refractivity contribution >= 4 is 23.4 Å². The maximum absolute atomic E-state index is 12.9. The summed E-state index contributed by atoms with van der Waals surface area (Å²) in [6.45, 7) is 0.680. The molecule has 0 radical (unpaired) electrons. The zero-order valence-electron chi connectivity index (χ0n) is 18.9. The summed E-state index contributed by atoms with van der Waals surface area (Å²) in [5.41, 5.74) is 2.66. The molecule has 0 spiro atoms. The summed E-state index contributed by atoms with van der Waals surface area (Å²) in [5.74, 6) is 2.69. The number of anilines is 1. The Morgan fingerprint density at radius 1 is 1.03 bits per heavy atom. The number of carbonyl (C=O) groups is 1. The van der Waals surface area contributed by atoms with E-state index in [4.69, 9.17) is 23.4 Å². The fourth-order valence-electron chi connectivity index (χ4n) is 3.75. The van der Waals surface area contributed by atoms with Crippen molar-refractivity contribution in [2.75, 3.05) is 45.6 Å². The second kappa shape index (κ2) is 10.0. The highest BCUT2D eigenvalue weighted by Gasteiger charge is 2.24. The molecule has 0 atom stereocenters. The lowest BCUT2D eigenvalue weighted by molar-refractivity contribution is -0.116. The Labute approximate surface area is 196 Å². The molecule has 1 aliphatic rings. The molecule has 2 aromatic carbocycles. The Hall–Kier alpha value is -3.40. The average Bonchev–Trinajstić information content (AvgIpc) is 3.34. The van der Waals surface area contributed by atoms with Crippen molar-refractivity contribution in [1.82, 2.24) is 10.2 Å². The molecule has 0 unspecified atom stereocenters. The standard InChI is InChI=1S/C23H25N3O6S/c1-28-16-7-8-17-14(10-16)6-5-9-26(17)20(27)13-33-23-25-24-22(32-23)15-11-18(29-2)21(31-4)19(12-15)30-3/h7-8,10-12H,5-6,9,13H2,1-4H3. The van der Waals surface area contributed by atoms with Crippen LogP contribution < -0.4 is 23.8 Å². The molecule has 33 heavy (non-hydrogen) atoms. The van der Waals surface area contributed by atoms with E-state index < -0.39 is 0 Å². The molecule has 9 nitrogen and oxygen atoms in total. The highest BCUT2D eigenvalue weighted by molar-refractivity contribution is 7.99. The van der Waals surface area contributed by atoms with Crippen LogP contribution in [0.3, 0.4) is 0 Å². The van der Waals surface area contributed by atoms with E-state index in [-0.39, 0.29) is 11.7 Å². The Bertz CT molecular complexity index is 1120. The van der Waals surface area contributed by atoms with Crippen LogP contribution in [0, 0.1) is 0 Å². The van der Waals surface area contributed by atoms with Crippen molar-refractivity contribution < 1.29 is 28.2 Å². The predicted octanol–water partition coefficient (Wildman–Crippen LogP) is 3.84. The number of rotatable bonds is 8. The smallest absolute Gasteiger partial charge is 0.277 e. The maximum Gasteiger partial charge on any atom is 0.277 e. The van der Waals surface area contributed by atoms with Gasteiger partial charge in [0.1, 0.15) is 5.75 Å². The van der Waals surface area contributed by atoms with Crippen LogP contribution in [-0.4, -0.2) is 56.8 Å². The topological polar surface area (TPSA) is 96.2 Å². The zero-order valence-corrected chi connectivity index (χ0v) is 19.7. The summed E-state index contributed by atoms with van der Waals surface area (Å²) >= 11 is 1.20. The van der Waals surface area contributed by atoms with E-state index in [1.165, 1.54) is 33.1 Å². The van der Waals surface area contributed by atoms with Crippen LogP contribution >= 0.6 is 11.8 Å². The number of ether oxygens (including phenoxy) is 4. The number of fused-ring (bicyclic) bond motifs is 1. The largest absolute Gasteiger partial charge is 0.497 e. The Kier molecular flexibility index (Phi) is 6.93. The molecule has 1 aromatic heterocycles. The third-order valence-electron chi connectivity index (χ3n) is 5.34.